The zero-order valence-corrected chi connectivity index (χ0v) is 12.7. The van der Waals surface area contributed by atoms with Crippen molar-refractivity contribution in [1.29, 1.82) is 0 Å². The van der Waals surface area contributed by atoms with Gasteiger partial charge in [-0.25, -0.2) is 4.39 Å². The largest absolute Gasteiger partial charge is 0.376 e. The molecular formula is C15H22ClFN2O. The van der Waals surface area contributed by atoms with E-state index in [1.165, 1.54) is 18.6 Å². The molecule has 112 valence electrons. The molecule has 3 nitrogen and oxygen atoms in total. The lowest BCUT2D eigenvalue weighted by atomic mass is 9.73. The first-order valence-electron chi connectivity index (χ1n) is 6.98. The van der Waals surface area contributed by atoms with Crippen molar-refractivity contribution in [2.45, 2.75) is 44.2 Å². The van der Waals surface area contributed by atoms with Gasteiger partial charge in [-0.15, -0.1) is 0 Å². The highest BCUT2D eigenvalue weighted by molar-refractivity contribution is 6.31. The van der Waals surface area contributed by atoms with Crippen molar-refractivity contribution in [1.82, 2.24) is 5.43 Å². The second kappa shape index (κ2) is 6.39. The van der Waals surface area contributed by atoms with Gasteiger partial charge in [-0.05, 0) is 42.5 Å². The molecule has 0 heterocycles. The molecule has 1 fully saturated rings. The van der Waals surface area contributed by atoms with Gasteiger partial charge in [0.25, 0.3) is 0 Å². The lowest BCUT2D eigenvalue weighted by Crippen LogP contribution is -2.50. The van der Waals surface area contributed by atoms with Crippen molar-refractivity contribution >= 4 is 11.6 Å². The molecule has 0 aliphatic heterocycles. The number of benzene rings is 1. The first-order valence-corrected chi connectivity index (χ1v) is 7.36. The van der Waals surface area contributed by atoms with Crippen molar-refractivity contribution < 1.29 is 9.13 Å². The van der Waals surface area contributed by atoms with Gasteiger partial charge in [-0.3, -0.25) is 11.3 Å². The molecule has 1 aliphatic rings. The molecule has 5 heteroatoms. The molecule has 1 saturated carbocycles. The lowest BCUT2D eigenvalue weighted by molar-refractivity contribution is -0.0806. The van der Waals surface area contributed by atoms with Gasteiger partial charge >= 0.3 is 0 Å². The minimum atomic E-state index is -0.441. The summed E-state index contributed by atoms with van der Waals surface area (Å²) in [6.45, 7) is 2.20. The highest BCUT2D eigenvalue weighted by Gasteiger charge is 2.43. The molecular weight excluding hydrogens is 279 g/mol. The van der Waals surface area contributed by atoms with Gasteiger partial charge in [0.05, 0.1) is 11.6 Å². The molecule has 3 unspecified atom stereocenters. The molecule has 0 saturated heterocycles. The van der Waals surface area contributed by atoms with E-state index in [0.29, 0.717) is 16.5 Å². The van der Waals surface area contributed by atoms with Crippen LogP contribution in [0.25, 0.3) is 0 Å². The third-order valence-corrected chi connectivity index (χ3v) is 4.70. The normalized spacial score (nSPS) is 28.4. The minimum absolute atomic E-state index is 0.320. The van der Waals surface area contributed by atoms with Crippen LogP contribution in [0.2, 0.25) is 5.02 Å². The van der Waals surface area contributed by atoms with E-state index in [-0.39, 0.29) is 11.9 Å². The highest BCUT2D eigenvalue weighted by atomic mass is 35.5. The molecule has 1 aromatic carbocycles. The fourth-order valence-corrected chi connectivity index (χ4v) is 3.60. The Labute approximate surface area is 124 Å². The van der Waals surface area contributed by atoms with Crippen molar-refractivity contribution in [3.8, 4) is 0 Å². The zero-order chi connectivity index (χ0) is 14.8. The summed E-state index contributed by atoms with van der Waals surface area (Å²) in [4.78, 5) is 0. The molecule has 20 heavy (non-hydrogen) atoms. The second-order valence-electron chi connectivity index (χ2n) is 5.74. The number of halogens is 2. The molecule has 1 aliphatic carbocycles. The average molecular weight is 301 g/mol. The molecule has 1 aromatic rings. The molecule has 0 amide bonds. The van der Waals surface area contributed by atoms with E-state index in [1.807, 2.05) is 0 Å². The number of nitrogens with one attached hydrogen (secondary N) is 1. The number of hydrogen-bond donors (Lipinski definition) is 2. The second-order valence-corrected chi connectivity index (χ2v) is 6.14. The first kappa shape index (κ1) is 15.7. The lowest BCUT2D eigenvalue weighted by Gasteiger charge is -2.44. The Bertz CT molecular complexity index is 471. The summed E-state index contributed by atoms with van der Waals surface area (Å²) < 4.78 is 19.4. The Balaban J connectivity index is 2.41. The third-order valence-electron chi connectivity index (χ3n) is 4.36. The summed E-state index contributed by atoms with van der Waals surface area (Å²) in [5, 5.41) is 0.504. The predicted molar refractivity (Wildman–Crippen MR) is 78.8 cm³/mol. The van der Waals surface area contributed by atoms with E-state index in [4.69, 9.17) is 22.2 Å². The number of methoxy groups -OCH3 is 1. The van der Waals surface area contributed by atoms with Gasteiger partial charge in [0, 0.05) is 12.1 Å². The van der Waals surface area contributed by atoms with Crippen molar-refractivity contribution in [2.75, 3.05) is 7.11 Å². The number of rotatable bonds is 4. The zero-order valence-electron chi connectivity index (χ0n) is 12.0. The van der Waals surface area contributed by atoms with E-state index in [2.05, 4.69) is 12.3 Å². The SMILES string of the molecule is COC1(C(NN)c2cc(F)ccc2Cl)CCCC(C)C1. The minimum Gasteiger partial charge on any atom is -0.376 e. The van der Waals surface area contributed by atoms with Gasteiger partial charge in [-0.2, -0.15) is 0 Å². The highest BCUT2D eigenvalue weighted by Crippen LogP contribution is 2.44. The van der Waals surface area contributed by atoms with E-state index < -0.39 is 5.60 Å². The fourth-order valence-electron chi connectivity index (χ4n) is 3.37. The molecule has 3 N–H and O–H groups in total. The molecule has 0 bridgehead atoms. The fraction of sp³-hybridized carbons (Fsp3) is 0.600. The number of hydrogen-bond acceptors (Lipinski definition) is 3. The maximum atomic E-state index is 13.5. The smallest absolute Gasteiger partial charge is 0.123 e. The quantitative estimate of drug-likeness (QED) is 0.660. The summed E-state index contributed by atoms with van der Waals surface area (Å²) >= 11 is 6.23. The van der Waals surface area contributed by atoms with E-state index in [0.717, 1.165) is 19.3 Å². The monoisotopic (exact) mass is 300 g/mol. The first-order chi connectivity index (χ1) is 9.52. The number of ether oxygens (including phenoxy) is 1. The van der Waals surface area contributed by atoms with Crippen LogP contribution in [0.1, 0.15) is 44.2 Å². The number of nitrogens with two attached hydrogens (primary N) is 1. The van der Waals surface area contributed by atoms with Gasteiger partial charge in [0.2, 0.25) is 0 Å². The maximum Gasteiger partial charge on any atom is 0.123 e. The molecule has 0 aromatic heterocycles. The van der Waals surface area contributed by atoms with Crippen molar-refractivity contribution in [2.24, 2.45) is 11.8 Å². The Morgan fingerprint density at radius 3 is 2.90 bits per heavy atom. The van der Waals surface area contributed by atoms with Crippen LogP contribution in [0, 0.1) is 11.7 Å². The Kier molecular flexibility index (Phi) is 5.02. The summed E-state index contributed by atoms with van der Waals surface area (Å²) in [6.07, 6.45) is 4.01. The van der Waals surface area contributed by atoms with Gasteiger partial charge in [0.15, 0.2) is 0 Å². The average Bonchev–Trinajstić information content (AvgIpc) is 2.43. The maximum absolute atomic E-state index is 13.5. The van der Waals surface area contributed by atoms with E-state index >= 15 is 0 Å². The van der Waals surface area contributed by atoms with Crippen LogP contribution in [0.15, 0.2) is 18.2 Å². The summed E-state index contributed by atoms with van der Waals surface area (Å²) in [7, 11) is 1.69. The van der Waals surface area contributed by atoms with Gasteiger partial charge in [0.1, 0.15) is 5.82 Å². The van der Waals surface area contributed by atoms with Crippen LogP contribution >= 0.6 is 11.6 Å². The molecule has 3 atom stereocenters. The molecule has 2 rings (SSSR count). The summed E-state index contributed by atoms with van der Waals surface area (Å²) in [6, 6.07) is 4.03. The van der Waals surface area contributed by atoms with E-state index in [1.54, 1.807) is 13.2 Å². The van der Waals surface area contributed by atoms with Crippen LogP contribution < -0.4 is 11.3 Å². The Morgan fingerprint density at radius 2 is 2.30 bits per heavy atom. The van der Waals surface area contributed by atoms with E-state index in [9.17, 15) is 4.39 Å². The van der Waals surface area contributed by atoms with Crippen LogP contribution in [-0.4, -0.2) is 12.7 Å². The van der Waals surface area contributed by atoms with Crippen LogP contribution in [0.4, 0.5) is 4.39 Å². The topological polar surface area (TPSA) is 47.3 Å². The summed E-state index contributed by atoms with van der Waals surface area (Å²) in [5.74, 6) is 5.98. The molecule has 0 radical (unpaired) electrons. The van der Waals surface area contributed by atoms with Gasteiger partial charge in [-0.1, -0.05) is 31.4 Å². The van der Waals surface area contributed by atoms with Crippen molar-refractivity contribution in [3.05, 3.63) is 34.6 Å². The van der Waals surface area contributed by atoms with Crippen molar-refractivity contribution in [3.63, 3.8) is 0 Å². The molecule has 0 spiro atoms. The standard InChI is InChI=1S/C15H22ClFN2O/c1-10-4-3-7-15(9-10,20-2)14(19-18)12-8-11(17)5-6-13(12)16/h5-6,8,10,14,19H,3-4,7,9,18H2,1-2H3. The van der Waals surface area contributed by atoms with Crippen LogP contribution in [0.3, 0.4) is 0 Å². The van der Waals surface area contributed by atoms with Crippen LogP contribution in [0.5, 0.6) is 0 Å². The summed E-state index contributed by atoms with van der Waals surface area (Å²) in [5.41, 5.74) is 3.01. The van der Waals surface area contributed by atoms with Crippen LogP contribution in [-0.2, 0) is 4.74 Å². The Hall–Kier alpha value is -0.680. The Morgan fingerprint density at radius 1 is 1.55 bits per heavy atom. The number of hydrazine groups is 1. The third kappa shape index (κ3) is 2.98. The predicted octanol–water partition coefficient (Wildman–Crippen LogP) is 3.58. The van der Waals surface area contributed by atoms with Gasteiger partial charge < -0.3 is 4.74 Å².